The predicted octanol–water partition coefficient (Wildman–Crippen LogP) is -0.497. The van der Waals surface area contributed by atoms with Crippen LogP contribution in [0.4, 0.5) is 0 Å². The molecular weight excluding hydrogens is 180 g/mol. The zero-order valence-corrected chi connectivity index (χ0v) is 8.59. The summed E-state index contributed by atoms with van der Waals surface area (Å²) in [4.78, 5) is 11.6. The number of terminal acetylenes is 1. The van der Waals surface area contributed by atoms with Crippen LogP contribution in [0.3, 0.4) is 0 Å². The molecule has 0 aliphatic carbocycles. The first-order chi connectivity index (χ1) is 6.55. The van der Waals surface area contributed by atoms with Gasteiger partial charge in [0.05, 0.1) is 12.1 Å². The highest BCUT2D eigenvalue weighted by Gasteiger charge is 2.26. The molecule has 0 radical (unpaired) electrons. The van der Waals surface area contributed by atoms with Crippen LogP contribution < -0.4 is 10.6 Å². The van der Waals surface area contributed by atoms with E-state index in [1.165, 1.54) is 0 Å². The highest BCUT2D eigenvalue weighted by molar-refractivity contribution is 5.82. The van der Waals surface area contributed by atoms with Gasteiger partial charge in [0.1, 0.15) is 6.10 Å². The maximum absolute atomic E-state index is 11.6. The summed E-state index contributed by atoms with van der Waals surface area (Å²) < 4.78 is 5.29. The number of nitrogens with one attached hydrogen (secondary N) is 2. The Balaban J connectivity index is 2.45. The Morgan fingerprint density at radius 1 is 1.71 bits per heavy atom. The molecule has 1 rings (SSSR count). The third-order valence-electron chi connectivity index (χ3n) is 2.02. The maximum Gasteiger partial charge on any atom is 0.251 e. The topological polar surface area (TPSA) is 50.4 Å². The summed E-state index contributed by atoms with van der Waals surface area (Å²) in [5.41, 5.74) is -0.613. The molecule has 1 aliphatic rings. The Hall–Kier alpha value is -1.05. The summed E-state index contributed by atoms with van der Waals surface area (Å²) in [6.45, 7) is 5.46. The van der Waals surface area contributed by atoms with Gasteiger partial charge in [-0.05, 0) is 13.8 Å². The van der Waals surface area contributed by atoms with Gasteiger partial charge in [0.25, 0.3) is 5.91 Å². The van der Waals surface area contributed by atoms with Gasteiger partial charge in [-0.1, -0.05) is 5.92 Å². The van der Waals surface area contributed by atoms with Crippen LogP contribution >= 0.6 is 0 Å². The molecule has 4 heteroatoms. The molecule has 1 atom stereocenters. The molecule has 4 nitrogen and oxygen atoms in total. The minimum absolute atomic E-state index is 0.153. The first-order valence-corrected chi connectivity index (χ1v) is 4.67. The molecule has 1 unspecified atom stereocenters. The van der Waals surface area contributed by atoms with Gasteiger partial charge in [0, 0.05) is 13.1 Å². The van der Waals surface area contributed by atoms with E-state index in [4.69, 9.17) is 11.2 Å². The number of ether oxygens (including phenoxy) is 1. The second-order valence-corrected chi connectivity index (χ2v) is 3.82. The van der Waals surface area contributed by atoms with Crippen molar-refractivity contribution >= 4 is 5.91 Å². The van der Waals surface area contributed by atoms with Gasteiger partial charge in [-0.15, -0.1) is 6.42 Å². The summed E-state index contributed by atoms with van der Waals surface area (Å²) in [5.74, 6) is 2.35. The standard InChI is InChI=1S/C10H16N2O2/c1-4-10(2,3)12-9(13)8-7-11-5-6-14-8/h1,8,11H,5-7H2,2-3H3,(H,12,13). The molecule has 0 aromatic carbocycles. The molecule has 0 bridgehead atoms. The molecule has 1 amide bonds. The van der Waals surface area contributed by atoms with Gasteiger partial charge in [-0.3, -0.25) is 4.79 Å². The average molecular weight is 196 g/mol. The Bertz CT molecular complexity index is 249. The van der Waals surface area contributed by atoms with Crippen LogP contribution in [-0.2, 0) is 9.53 Å². The van der Waals surface area contributed by atoms with Crippen LogP contribution in [-0.4, -0.2) is 37.2 Å². The van der Waals surface area contributed by atoms with Crippen LogP contribution in [0, 0.1) is 12.3 Å². The molecule has 78 valence electrons. The van der Waals surface area contributed by atoms with Gasteiger partial charge in [-0.2, -0.15) is 0 Å². The second-order valence-electron chi connectivity index (χ2n) is 3.82. The maximum atomic E-state index is 11.6. The third-order valence-corrected chi connectivity index (χ3v) is 2.02. The molecule has 1 heterocycles. The van der Waals surface area contributed by atoms with Crippen LogP contribution in [0.15, 0.2) is 0 Å². The van der Waals surface area contributed by atoms with Crippen molar-refractivity contribution in [3.05, 3.63) is 0 Å². The average Bonchev–Trinajstić information content (AvgIpc) is 2.19. The van der Waals surface area contributed by atoms with E-state index in [1.54, 1.807) is 13.8 Å². The summed E-state index contributed by atoms with van der Waals surface area (Å²) in [7, 11) is 0. The van der Waals surface area contributed by atoms with E-state index >= 15 is 0 Å². The predicted molar refractivity (Wildman–Crippen MR) is 53.7 cm³/mol. The Labute approximate surface area is 84.4 Å². The normalized spacial score (nSPS) is 22.5. The van der Waals surface area contributed by atoms with Crippen molar-refractivity contribution in [1.29, 1.82) is 0 Å². The highest BCUT2D eigenvalue weighted by atomic mass is 16.5. The van der Waals surface area contributed by atoms with E-state index in [0.717, 1.165) is 6.54 Å². The van der Waals surface area contributed by atoms with Crippen molar-refractivity contribution < 1.29 is 9.53 Å². The fourth-order valence-electron chi connectivity index (χ4n) is 1.16. The van der Waals surface area contributed by atoms with Gasteiger partial charge in [0.2, 0.25) is 0 Å². The number of amides is 1. The van der Waals surface area contributed by atoms with Crippen molar-refractivity contribution in [2.24, 2.45) is 0 Å². The fraction of sp³-hybridized carbons (Fsp3) is 0.700. The highest BCUT2D eigenvalue weighted by Crippen LogP contribution is 2.02. The first-order valence-electron chi connectivity index (χ1n) is 4.67. The summed E-state index contributed by atoms with van der Waals surface area (Å²) in [5, 5.41) is 5.82. The molecule has 1 aliphatic heterocycles. The lowest BCUT2D eigenvalue weighted by atomic mass is 10.1. The lowest BCUT2D eigenvalue weighted by Crippen LogP contribution is -2.53. The fourth-order valence-corrected chi connectivity index (χ4v) is 1.16. The van der Waals surface area contributed by atoms with E-state index < -0.39 is 11.6 Å². The molecule has 0 aromatic heterocycles. The zero-order valence-electron chi connectivity index (χ0n) is 8.59. The summed E-state index contributed by atoms with van der Waals surface area (Å²) in [6.07, 6.45) is 4.84. The summed E-state index contributed by atoms with van der Waals surface area (Å²) >= 11 is 0. The Morgan fingerprint density at radius 2 is 2.43 bits per heavy atom. The number of hydrogen-bond acceptors (Lipinski definition) is 3. The smallest absolute Gasteiger partial charge is 0.251 e. The van der Waals surface area contributed by atoms with E-state index in [-0.39, 0.29) is 5.91 Å². The lowest BCUT2D eigenvalue weighted by Gasteiger charge is -2.27. The van der Waals surface area contributed by atoms with Crippen molar-refractivity contribution in [2.75, 3.05) is 19.7 Å². The summed E-state index contributed by atoms with van der Waals surface area (Å²) in [6, 6.07) is 0. The van der Waals surface area contributed by atoms with Crippen LogP contribution in [0.5, 0.6) is 0 Å². The molecule has 1 fully saturated rings. The minimum Gasteiger partial charge on any atom is -0.366 e. The largest absolute Gasteiger partial charge is 0.366 e. The molecule has 0 spiro atoms. The van der Waals surface area contributed by atoms with Crippen LogP contribution in [0.2, 0.25) is 0 Å². The van der Waals surface area contributed by atoms with E-state index in [9.17, 15) is 4.79 Å². The van der Waals surface area contributed by atoms with E-state index in [2.05, 4.69) is 16.6 Å². The molecule has 2 N–H and O–H groups in total. The second kappa shape index (κ2) is 4.45. The molecule has 14 heavy (non-hydrogen) atoms. The molecule has 0 aromatic rings. The van der Waals surface area contributed by atoms with Crippen molar-refractivity contribution in [3.63, 3.8) is 0 Å². The van der Waals surface area contributed by atoms with Gasteiger partial charge < -0.3 is 15.4 Å². The quantitative estimate of drug-likeness (QED) is 0.586. The Kier molecular flexibility index (Phi) is 3.50. The van der Waals surface area contributed by atoms with Crippen LogP contribution in [0.1, 0.15) is 13.8 Å². The number of hydrogen-bond donors (Lipinski definition) is 2. The number of carbonyl (C=O) groups is 1. The number of carbonyl (C=O) groups excluding carboxylic acids is 1. The molecule has 0 saturated carbocycles. The lowest BCUT2D eigenvalue weighted by molar-refractivity contribution is -0.135. The van der Waals surface area contributed by atoms with Crippen molar-refractivity contribution in [1.82, 2.24) is 10.6 Å². The van der Waals surface area contributed by atoms with Gasteiger partial charge >= 0.3 is 0 Å². The van der Waals surface area contributed by atoms with Crippen LogP contribution in [0.25, 0.3) is 0 Å². The Morgan fingerprint density at radius 3 is 2.93 bits per heavy atom. The minimum atomic E-state index is -0.613. The zero-order chi connectivity index (χ0) is 10.6. The number of morpholine rings is 1. The number of rotatable bonds is 2. The SMILES string of the molecule is C#CC(C)(C)NC(=O)C1CNCCO1. The van der Waals surface area contributed by atoms with Gasteiger partial charge in [-0.25, -0.2) is 0 Å². The third kappa shape index (κ3) is 3.02. The van der Waals surface area contributed by atoms with Gasteiger partial charge in [0.15, 0.2) is 0 Å². The monoisotopic (exact) mass is 196 g/mol. The van der Waals surface area contributed by atoms with Crippen molar-refractivity contribution in [2.45, 2.75) is 25.5 Å². The van der Waals surface area contributed by atoms with Crippen molar-refractivity contribution in [3.8, 4) is 12.3 Å². The van der Waals surface area contributed by atoms with E-state index in [0.29, 0.717) is 13.2 Å². The molecular formula is C10H16N2O2. The first kappa shape index (κ1) is 11.0. The van der Waals surface area contributed by atoms with E-state index in [1.807, 2.05) is 0 Å². The molecule has 1 saturated heterocycles.